The number of rotatable bonds is 8. The summed E-state index contributed by atoms with van der Waals surface area (Å²) in [6.45, 7) is 3.56. The SMILES string of the molecule is COc1cccc(C2C(C(=O)c3sc(C)nc3C)=C(O)C(=O)N2c2nnc(SCc3cccc4ccccc34)s2)c1. The number of ether oxygens (including phenoxy) is 1. The summed E-state index contributed by atoms with van der Waals surface area (Å²) in [5.74, 6) is -0.526. The first-order valence-electron chi connectivity index (χ1n) is 12.7. The molecule has 1 atom stereocenters. The Kier molecular flexibility index (Phi) is 7.33. The number of amides is 1. The second-order valence-corrected chi connectivity index (χ2v) is 12.8. The summed E-state index contributed by atoms with van der Waals surface area (Å²) in [5, 5.41) is 23.1. The third kappa shape index (κ3) is 5.01. The van der Waals surface area contributed by atoms with Gasteiger partial charge in [0.2, 0.25) is 10.9 Å². The molecule has 1 unspecified atom stereocenters. The number of thiazole rings is 1. The van der Waals surface area contributed by atoms with E-state index in [1.807, 2.05) is 25.1 Å². The minimum atomic E-state index is -0.921. The maximum atomic E-state index is 13.8. The normalized spacial score (nSPS) is 15.2. The molecule has 5 aromatic rings. The molecule has 1 amide bonds. The second kappa shape index (κ2) is 11.1. The van der Waals surface area contributed by atoms with Gasteiger partial charge in [-0.25, -0.2) is 4.98 Å². The monoisotopic (exact) mass is 600 g/mol. The van der Waals surface area contributed by atoms with E-state index in [4.69, 9.17) is 4.74 Å². The van der Waals surface area contributed by atoms with Crippen molar-refractivity contribution in [2.75, 3.05) is 12.0 Å². The molecule has 0 saturated carbocycles. The number of carbonyl (C=O) groups is 2. The molecule has 3 heterocycles. The zero-order valence-corrected chi connectivity index (χ0v) is 24.8. The minimum absolute atomic E-state index is 0.0184. The van der Waals surface area contributed by atoms with Crippen LogP contribution in [0.5, 0.6) is 5.75 Å². The van der Waals surface area contributed by atoms with E-state index in [2.05, 4.69) is 39.4 Å². The highest BCUT2D eigenvalue weighted by Crippen LogP contribution is 2.45. The number of aliphatic hydroxyl groups excluding tert-OH is 1. The fraction of sp³-hybridized carbons (Fsp3) is 0.167. The van der Waals surface area contributed by atoms with Crippen LogP contribution in [0.3, 0.4) is 0 Å². The number of aliphatic hydroxyl groups is 1. The number of aryl methyl sites for hydroxylation is 2. The Morgan fingerprint density at radius 1 is 1.05 bits per heavy atom. The number of carbonyl (C=O) groups excluding carboxylic acids is 2. The van der Waals surface area contributed by atoms with E-state index >= 15 is 0 Å². The molecule has 6 rings (SSSR count). The summed E-state index contributed by atoms with van der Waals surface area (Å²) in [5.41, 5.74) is 2.30. The number of nitrogens with zero attached hydrogens (tertiary/aromatic N) is 4. The van der Waals surface area contributed by atoms with Crippen LogP contribution in [0.25, 0.3) is 10.8 Å². The van der Waals surface area contributed by atoms with Crippen molar-refractivity contribution >= 4 is 62.0 Å². The smallest absolute Gasteiger partial charge is 0.296 e. The molecule has 0 saturated heterocycles. The summed E-state index contributed by atoms with van der Waals surface area (Å²) in [6.07, 6.45) is 0. The van der Waals surface area contributed by atoms with Crippen LogP contribution in [-0.2, 0) is 10.5 Å². The minimum Gasteiger partial charge on any atom is -0.503 e. The van der Waals surface area contributed by atoms with Crippen molar-refractivity contribution in [3.05, 3.63) is 105 Å². The molecule has 0 radical (unpaired) electrons. The maximum Gasteiger partial charge on any atom is 0.296 e. The fourth-order valence-corrected chi connectivity index (χ4v) is 7.69. The van der Waals surface area contributed by atoms with Crippen molar-refractivity contribution in [1.29, 1.82) is 0 Å². The first kappa shape index (κ1) is 27.1. The van der Waals surface area contributed by atoms with Crippen LogP contribution >= 0.6 is 34.4 Å². The Bertz CT molecular complexity index is 1840. The highest BCUT2D eigenvalue weighted by molar-refractivity contribution is 8.00. The Morgan fingerprint density at radius 3 is 2.61 bits per heavy atom. The van der Waals surface area contributed by atoms with Gasteiger partial charge in [0.15, 0.2) is 10.1 Å². The van der Waals surface area contributed by atoms with Gasteiger partial charge in [0.05, 0.1) is 34.3 Å². The lowest BCUT2D eigenvalue weighted by Crippen LogP contribution is -2.31. The van der Waals surface area contributed by atoms with E-state index in [1.54, 1.807) is 38.3 Å². The first-order chi connectivity index (χ1) is 19.9. The predicted molar refractivity (Wildman–Crippen MR) is 162 cm³/mol. The first-order valence-corrected chi connectivity index (χ1v) is 15.3. The van der Waals surface area contributed by atoms with E-state index < -0.39 is 23.5 Å². The highest BCUT2D eigenvalue weighted by Gasteiger charge is 2.46. The summed E-state index contributed by atoms with van der Waals surface area (Å²) < 4.78 is 6.08. The average Bonchev–Trinajstić information content (AvgIpc) is 3.66. The molecule has 1 aliphatic heterocycles. The van der Waals surface area contributed by atoms with Crippen LogP contribution < -0.4 is 9.64 Å². The number of fused-ring (bicyclic) bond motifs is 1. The van der Waals surface area contributed by atoms with E-state index in [0.29, 0.717) is 32.0 Å². The van der Waals surface area contributed by atoms with Crippen molar-refractivity contribution in [1.82, 2.24) is 15.2 Å². The van der Waals surface area contributed by atoms with Crippen LogP contribution in [0.2, 0.25) is 0 Å². The Hall–Kier alpha value is -4.06. The zero-order chi connectivity index (χ0) is 28.7. The Morgan fingerprint density at radius 2 is 1.83 bits per heavy atom. The molecule has 1 N–H and O–H groups in total. The van der Waals surface area contributed by atoms with E-state index in [1.165, 1.54) is 50.3 Å². The number of ketones is 1. The number of Topliss-reactive ketones (excluding diaryl/α,β-unsaturated/α-hetero) is 1. The molecule has 0 bridgehead atoms. The molecule has 3 aromatic carbocycles. The number of methoxy groups -OCH3 is 1. The topological polar surface area (TPSA) is 106 Å². The lowest BCUT2D eigenvalue weighted by molar-refractivity contribution is -0.117. The van der Waals surface area contributed by atoms with Gasteiger partial charge in [0, 0.05) is 5.75 Å². The van der Waals surface area contributed by atoms with Crippen molar-refractivity contribution in [3.63, 3.8) is 0 Å². The number of thioether (sulfide) groups is 1. The van der Waals surface area contributed by atoms with Crippen LogP contribution in [0.1, 0.15) is 37.5 Å². The molecule has 2 aromatic heterocycles. The summed E-state index contributed by atoms with van der Waals surface area (Å²) in [7, 11) is 1.55. The molecule has 206 valence electrons. The molecule has 0 spiro atoms. The molecule has 0 aliphatic carbocycles. The number of hydrogen-bond donors (Lipinski definition) is 1. The van der Waals surface area contributed by atoms with Gasteiger partial charge in [0.1, 0.15) is 5.75 Å². The van der Waals surface area contributed by atoms with Crippen LogP contribution in [-0.4, -0.2) is 39.1 Å². The molecule has 41 heavy (non-hydrogen) atoms. The van der Waals surface area contributed by atoms with Crippen molar-refractivity contribution in [2.24, 2.45) is 0 Å². The highest BCUT2D eigenvalue weighted by atomic mass is 32.2. The van der Waals surface area contributed by atoms with Crippen LogP contribution in [0.4, 0.5) is 5.13 Å². The fourth-order valence-electron chi connectivity index (χ4n) is 4.94. The number of hydrogen-bond acceptors (Lipinski definition) is 10. The van der Waals surface area contributed by atoms with Crippen LogP contribution in [0, 0.1) is 13.8 Å². The lowest BCUT2D eigenvalue weighted by atomic mass is 9.95. The standard InChI is InChI=1S/C30H24N4O4S3/c1-16-27(40-17(2)31-16)25(35)23-24(19-10-7-12-21(14-19)38-3)34(28(37)26(23)36)29-32-33-30(41-29)39-15-20-11-6-9-18-8-4-5-13-22(18)20/h4-14,24,36H,15H2,1-3H3. The molecular weight excluding hydrogens is 577 g/mol. The summed E-state index contributed by atoms with van der Waals surface area (Å²) in [6, 6.07) is 20.6. The van der Waals surface area contributed by atoms with E-state index in [9.17, 15) is 14.7 Å². The van der Waals surface area contributed by atoms with Crippen molar-refractivity contribution in [2.45, 2.75) is 30.0 Å². The zero-order valence-electron chi connectivity index (χ0n) is 22.3. The molecular formula is C30H24N4O4S3. The molecule has 1 aliphatic rings. The summed E-state index contributed by atoms with van der Waals surface area (Å²) >= 11 is 4.00. The van der Waals surface area contributed by atoms with Gasteiger partial charge in [-0.1, -0.05) is 77.7 Å². The third-order valence-electron chi connectivity index (χ3n) is 6.81. The van der Waals surface area contributed by atoms with Gasteiger partial charge in [0.25, 0.3) is 5.91 Å². The Labute approximate surface area is 248 Å². The Balaban J connectivity index is 1.35. The van der Waals surface area contributed by atoms with Gasteiger partial charge in [-0.15, -0.1) is 21.5 Å². The largest absolute Gasteiger partial charge is 0.503 e. The molecule has 8 nitrogen and oxygen atoms in total. The molecule has 0 fully saturated rings. The summed E-state index contributed by atoms with van der Waals surface area (Å²) in [4.78, 5) is 33.5. The van der Waals surface area contributed by atoms with Gasteiger partial charge in [-0.05, 0) is 47.9 Å². The number of anilines is 1. The van der Waals surface area contributed by atoms with Crippen molar-refractivity contribution in [3.8, 4) is 5.75 Å². The molecule has 11 heteroatoms. The number of benzene rings is 3. The van der Waals surface area contributed by atoms with E-state index in [0.717, 1.165) is 10.4 Å². The third-order valence-corrected chi connectivity index (χ3v) is 9.98. The van der Waals surface area contributed by atoms with Gasteiger partial charge >= 0.3 is 0 Å². The van der Waals surface area contributed by atoms with E-state index in [-0.39, 0.29) is 10.7 Å². The van der Waals surface area contributed by atoms with Gasteiger partial charge in [-0.3, -0.25) is 14.5 Å². The lowest BCUT2D eigenvalue weighted by Gasteiger charge is -2.24. The van der Waals surface area contributed by atoms with Gasteiger partial charge < -0.3 is 9.84 Å². The quantitative estimate of drug-likeness (QED) is 0.117. The number of aromatic nitrogens is 3. The average molecular weight is 601 g/mol. The predicted octanol–water partition coefficient (Wildman–Crippen LogP) is 6.85. The maximum absolute atomic E-state index is 13.8. The second-order valence-electron chi connectivity index (χ2n) is 9.37. The van der Waals surface area contributed by atoms with Crippen LogP contribution in [0.15, 0.2) is 82.4 Å². The van der Waals surface area contributed by atoms with Crippen molar-refractivity contribution < 1.29 is 19.4 Å². The van der Waals surface area contributed by atoms with Gasteiger partial charge in [-0.2, -0.15) is 0 Å².